The van der Waals surface area contributed by atoms with E-state index in [1.165, 1.54) is 23.1 Å². The lowest BCUT2D eigenvalue weighted by atomic mass is 10.2. The SMILES string of the molecule is COc1ccccc1NC(=O)c1cc2sccc2n1C1CCCC1. The highest BCUT2D eigenvalue weighted by Crippen LogP contribution is 2.37. The Balaban J connectivity index is 1.71. The number of rotatable bonds is 4. The number of nitrogens with one attached hydrogen (secondary N) is 1. The fourth-order valence-electron chi connectivity index (χ4n) is 3.61. The molecule has 2 aromatic heterocycles. The molecule has 1 saturated carbocycles. The number of carbonyl (C=O) groups excluding carboxylic acids is 1. The first-order chi connectivity index (χ1) is 11.8. The maximum Gasteiger partial charge on any atom is 0.272 e. The second kappa shape index (κ2) is 6.32. The Morgan fingerprint density at radius 1 is 1.25 bits per heavy atom. The maximum absolute atomic E-state index is 12.9. The summed E-state index contributed by atoms with van der Waals surface area (Å²) in [6, 6.07) is 12.1. The standard InChI is InChI=1S/C19H20N2O2S/c1-23-17-9-5-4-8-14(17)20-19(22)16-12-18-15(10-11-24-18)21(16)13-6-2-3-7-13/h4-5,8-13H,2-3,6-7H2,1H3,(H,20,22). The molecule has 1 aliphatic carbocycles. The molecule has 0 bridgehead atoms. The van der Waals surface area contributed by atoms with Gasteiger partial charge in [0.05, 0.1) is 23.0 Å². The van der Waals surface area contributed by atoms with E-state index >= 15 is 0 Å². The summed E-state index contributed by atoms with van der Waals surface area (Å²) in [5, 5.41) is 5.11. The highest BCUT2D eigenvalue weighted by molar-refractivity contribution is 7.17. The van der Waals surface area contributed by atoms with Gasteiger partial charge in [0.25, 0.3) is 5.91 Å². The van der Waals surface area contributed by atoms with Crippen molar-refractivity contribution in [3.63, 3.8) is 0 Å². The summed E-state index contributed by atoms with van der Waals surface area (Å²) in [7, 11) is 1.61. The third-order valence-electron chi connectivity index (χ3n) is 4.74. The first-order valence-corrected chi connectivity index (χ1v) is 9.18. The first-order valence-electron chi connectivity index (χ1n) is 8.30. The second-order valence-corrected chi connectivity index (χ2v) is 7.11. The molecule has 5 heteroatoms. The number of ether oxygens (including phenoxy) is 1. The Bertz CT molecular complexity index is 875. The molecule has 0 radical (unpaired) electrons. The van der Waals surface area contributed by atoms with Crippen LogP contribution >= 0.6 is 11.3 Å². The monoisotopic (exact) mass is 340 g/mol. The Labute approximate surface area is 145 Å². The molecule has 0 aliphatic heterocycles. The summed E-state index contributed by atoms with van der Waals surface area (Å²) in [6.07, 6.45) is 4.77. The summed E-state index contributed by atoms with van der Waals surface area (Å²) in [6.45, 7) is 0. The van der Waals surface area contributed by atoms with Crippen LogP contribution in [0, 0.1) is 0 Å². The van der Waals surface area contributed by atoms with Crippen LogP contribution in [0.25, 0.3) is 10.2 Å². The van der Waals surface area contributed by atoms with E-state index in [2.05, 4.69) is 21.3 Å². The number of anilines is 1. The van der Waals surface area contributed by atoms with Gasteiger partial charge in [-0.15, -0.1) is 11.3 Å². The third kappa shape index (κ3) is 2.59. The van der Waals surface area contributed by atoms with Crippen LogP contribution in [0.5, 0.6) is 5.75 Å². The van der Waals surface area contributed by atoms with E-state index in [4.69, 9.17) is 4.74 Å². The number of methoxy groups -OCH3 is 1. The van der Waals surface area contributed by atoms with E-state index in [0.717, 1.165) is 18.5 Å². The van der Waals surface area contributed by atoms with Crippen molar-refractivity contribution < 1.29 is 9.53 Å². The molecule has 1 amide bonds. The maximum atomic E-state index is 12.9. The fraction of sp³-hybridized carbons (Fsp3) is 0.316. The minimum atomic E-state index is -0.0743. The number of para-hydroxylation sites is 2. The van der Waals surface area contributed by atoms with Crippen LogP contribution < -0.4 is 10.1 Å². The smallest absolute Gasteiger partial charge is 0.272 e. The minimum Gasteiger partial charge on any atom is -0.495 e. The molecule has 0 saturated heterocycles. The van der Waals surface area contributed by atoms with Crippen LogP contribution in [-0.2, 0) is 0 Å². The molecule has 4 nitrogen and oxygen atoms in total. The summed E-state index contributed by atoms with van der Waals surface area (Å²) < 4.78 is 8.75. The number of amides is 1. The average molecular weight is 340 g/mol. The van der Waals surface area contributed by atoms with E-state index in [0.29, 0.717) is 17.5 Å². The molecule has 1 fully saturated rings. The van der Waals surface area contributed by atoms with Crippen molar-refractivity contribution in [2.45, 2.75) is 31.7 Å². The van der Waals surface area contributed by atoms with Gasteiger partial charge in [-0.05, 0) is 42.5 Å². The van der Waals surface area contributed by atoms with Crippen LogP contribution in [0.3, 0.4) is 0 Å². The lowest BCUT2D eigenvalue weighted by Gasteiger charge is -2.17. The zero-order valence-corrected chi connectivity index (χ0v) is 14.4. The molecule has 2 heterocycles. The van der Waals surface area contributed by atoms with Gasteiger partial charge in [-0.3, -0.25) is 4.79 Å². The average Bonchev–Trinajstić information content (AvgIpc) is 3.31. The summed E-state index contributed by atoms with van der Waals surface area (Å²) in [4.78, 5) is 12.9. The van der Waals surface area contributed by atoms with Gasteiger partial charge in [0.2, 0.25) is 0 Å². The minimum absolute atomic E-state index is 0.0743. The third-order valence-corrected chi connectivity index (χ3v) is 5.59. The molecule has 0 atom stereocenters. The Morgan fingerprint density at radius 2 is 2.04 bits per heavy atom. The van der Waals surface area contributed by atoms with E-state index in [-0.39, 0.29) is 5.91 Å². The normalized spacial score (nSPS) is 15.0. The Hall–Kier alpha value is -2.27. The topological polar surface area (TPSA) is 43.3 Å². The van der Waals surface area contributed by atoms with Gasteiger partial charge in [-0.2, -0.15) is 0 Å². The van der Waals surface area contributed by atoms with E-state index in [1.54, 1.807) is 18.4 Å². The molecule has 0 spiro atoms. The van der Waals surface area contributed by atoms with Crippen molar-refractivity contribution >= 4 is 33.1 Å². The summed E-state index contributed by atoms with van der Waals surface area (Å²) in [5.74, 6) is 0.599. The van der Waals surface area contributed by atoms with Gasteiger partial charge in [0.15, 0.2) is 0 Å². The van der Waals surface area contributed by atoms with Crippen molar-refractivity contribution in [1.29, 1.82) is 0 Å². The number of thiophene rings is 1. The molecule has 1 aliphatic rings. The summed E-state index contributed by atoms with van der Waals surface area (Å²) in [5.41, 5.74) is 2.62. The molecule has 1 N–H and O–H groups in total. The van der Waals surface area contributed by atoms with Crippen molar-refractivity contribution in [3.05, 3.63) is 47.5 Å². The molecular weight excluding hydrogens is 320 g/mol. The van der Waals surface area contributed by atoms with Gasteiger partial charge in [-0.25, -0.2) is 0 Å². The van der Waals surface area contributed by atoms with Gasteiger partial charge in [0.1, 0.15) is 11.4 Å². The predicted molar refractivity (Wildman–Crippen MR) is 98.3 cm³/mol. The quantitative estimate of drug-likeness (QED) is 0.720. The molecule has 4 rings (SSSR count). The van der Waals surface area contributed by atoms with Crippen LogP contribution in [-0.4, -0.2) is 17.6 Å². The van der Waals surface area contributed by atoms with Gasteiger partial charge >= 0.3 is 0 Å². The number of carbonyl (C=O) groups is 1. The van der Waals surface area contributed by atoms with Crippen LogP contribution in [0.1, 0.15) is 42.2 Å². The van der Waals surface area contributed by atoms with Gasteiger partial charge < -0.3 is 14.6 Å². The molecule has 24 heavy (non-hydrogen) atoms. The number of aromatic nitrogens is 1. The van der Waals surface area contributed by atoms with Gasteiger partial charge in [-0.1, -0.05) is 25.0 Å². The van der Waals surface area contributed by atoms with E-state index < -0.39 is 0 Å². The molecule has 1 aromatic carbocycles. The number of nitrogens with zero attached hydrogens (tertiary/aromatic N) is 1. The highest BCUT2D eigenvalue weighted by Gasteiger charge is 2.25. The number of fused-ring (bicyclic) bond motifs is 1. The number of benzene rings is 1. The van der Waals surface area contributed by atoms with Gasteiger partial charge in [0, 0.05) is 6.04 Å². The van der Waals surface area contributed by atoms with Crippen molar-refractivity contribution in [3.8, 4) is 5.75 Å². The summed E-state index contributed by atoms with van der Waals surface area (Å²) >= 11 is 1.69. The predicted octanol–water partition coefficient (Wildman–Crippen LogP) is 5.08. The molecular formula is C19H20N2O2S. The zero-order chi connectivity index (χ0) is 16.5. The lowest BCUT2D eigenvalue weighted by Crippen LogP contribution is -2.19. The zero-order valence-electron chi connectivity index (χ0n) is 13.6. The molecule has 0 unspecified atom stereocenters. The Kier molecular flexibility index (Phi) is 4.02. The van der Waals surface area contributed by atoms with Crippen molar-refractivity contribution in [1.82, 2.24) is 4.57 Å². The second-order valence-electron chi connectivity index (χ2n) is 6.16. The van der Waals surface area contributed by atoms with Crippen molar-refractivity contribution in [2.24, 2.45) is 0 Å². The largest absolute Gasteiger partial charge is 0.495 e. The first kappa shape index (κ1) is 15.3. The van der Waals surface area contributed by atoms with Crippen molar-refractivity contribution in [2.75, 3.05) is 12.4 Å². The Morgan fingerprint density at radius 3 is 2.83 bits per heavy atom. The number of hydrogen-bond donors (Lipinski definition) is 1. The molecule has 3 aromatic rings. The van der Waals surface area contributed by atoms with E-state index in [9.17, 15) is 4.79 Å². The van der Waals surface area contributed by atoms with Crippen LogP contribution in [0.4, 0.5) is 5.69 Å². The fourth-order valence-corrected chi connectivity index (χ4v) is 4.42. The molecule has 124 valence electrons. The lowest BCUT2D eigenvalue weighted by molar-refractivity contribution is 0.101. The van der Waals surface area contributed by atoms with Crippen LogP contribution in [0.2, 0.25) is 0 Å². The van der Waals surface area contributed by atoms with Crippen LogP contribution in [0.15, 0.2) is 41.8 Å². The number of hydrogen-bond acceptors (Lipinski definition) is 3. The highest BCUT2D eigenvalue weighted by atomic mass is 32.1. The van der Waals surface area contributed by atoms with E-state index in [1.807, 2.05) is 30.3 Å².